The molecular formula is C20H20BrClN2O. The Kier molecular flexibility index (Phi) is 4.85. The molecule has 3 nitrogen and oxygen atoms in total. The Bertz CT molecular complexity index is 815. The first-order valence-electron chi connectivity index (χ1n) is 8.58. The van der Waals surface area contributed by atoms with Crippen LogP contribution in [0, 0.1) is 5.41 Å². The van der Waals surface area contributed by atoms with E-state index >= 15 is 0 Å². The largest absolute Gasteiger partial charge is 0.381 e. The number of amidine groups is 1. The summed E-state index contributed by atoms with van der Waals surface area (Å²) in [5.41, 5.74) is 3.65. The third-order valence-electron chi connectivity index (χ3n) is 5.15. The molecule has 0 aliphatic carbocycles. The number of rotatable bonds is 2. The number of hydrogen-bond acceptors (Lipinski definition) is 2. The molecule has 130 valence electrons. The number of halogens is 2. The number of anilines is 1. The van der Waals surface area contributed by atoms with Gasteiger partial charge >= 0.3 is 0 Å². The molecule has 0 saturated carbocycles. The predicted molar refractivity (Wildman–Crippen MR) is 107 cm³/mol. The van der Waals surface area contributed by atoms with Crippen molar-refractivity contribution < 1.29 is 4.74 Å². The van der Waals surface area contributed by atoms with Gasteiger partial charge in [0.25, 0.3) is 0 Å². The van der Waals surface area contributed by atoms with E-state index in [1.54, 1.807) is 0 Å². The average Bonchev–Trinajstić information content (AvgIpc) is 2.62. The fourth-order valence-corrected chi connectivity index (χ4v) is 4.45. The van der Waals surface area contributed by atoms with Crippen molar-refractivity contribution in [3.05, 3.63) is 63.1 Å². The molecule has 1 fully saturated rings. The second-order valence-corrected chi connectivity index (χ2v) is 8.05. The second-order valence-electron chi connectivity index (χ2n) is 6.76. The molecule has 2 aliphatic heterocycles. The predicted octanol–water partition coefficient (Wildman–Crippen LogP) is 5.47. The van der Waals surface area contributed by atoms with Crippen LogP contribution in [0.5, 0.6) is 0 Å². The zero-order valence-corrected chi connectivity index (χ0v) is 16.2. The highest BCUT2D eigenvalue weighted by molar-refractivity contribution is 9.10. The van der Waals surface area contributed by atoms with E-state index in [2.05, 4.69) is 45.5 Å². The molecule has 2 heterocycles. The van der Waals surface area contributed by atoms with Crippen molar-refractivity contribution in [1.29, 1.82) is 0 Å². The lowest BCUT2D eigenvalue weighted by Crippen LogP contribution is -2.46. The maximum absolute atomic E-state index is 6.11. The number of nitrogens with one attached hydrogen (secondary N) is 1. The summed E-state index contributed by atoms with van der Waals surface area (Å²) in [6.45, 7) is 2.21. The van der Waals surface area contributed by atoms with Crippen molar-refractivity contribution in [3.63, 3.8) is 0 Å². The fourth-order valence-electron chi connectivity index (χ4n) is 3.73. The van der Waals surface area contributed by atoms with E-state index in [0.717, 1.165) is 59.1 Å². The minimum absolute atomic E-state index is 0.0354. The fraction of sp³-hybridized carbons (Fsp3) is 0.350. The molecule has 2 aromatic rings. The van der Waals surface area contributed by atoms with Gasteiger partial charge in [0.15, 0.2) is 0 Å². The summed E-state index contributed by atoms with van der Waals surface area (Å²) in [4.78, 5) is 4.98. The molecule has 1 saturated heterocycles. The van der Waals surface area contributed by atoms with Crippen molar-refractivity contribution in [2.45, 2.75) is 25.8 Å². The molecule has 0 bridgehead atoms. The lowest BCUT2D eigenvalue weighted by molar-refractivity contribution is 0.0448. The van der Waals surface area contributed by atoms with Gasteiger partial charge in [-0.05, 0) is 54.7 Å². The Morgan fingerprint density at radius 2 is 1.96 bits per heavy atom. The van der Waals surface area contributed by atoms with Crippen molar-refractivity contribution in [2.24, 2.45) is 10.4 Å². The van der Waals surface area contributed by atoms with Gasteiger partial charge in [-0.3, -0.25) is 4.99 Å². The average molecular weight is 420 g/mol. The van der Waals surface area contributed by atoms with Gasteiger partial charge in [-0.1, -0.05) is 45.7 Å². The molecule has 0 unspecified atom stereocenters. The van der Waals surface area contributed by atoms with Gasteiger partial charge < -0.3 is 10.1 Å². The molecule has 5 heteroatoms. The molecule has 0 amide bonds. The molecule has 0 atom stereocenters. The van der Waals surface area contributed by atoms with Gasteiger partial charge in [-0.2, -0.15) is 0 Å². The van der Waals surface area contributed by atoms with Gasteiger partial charge in [0.1, 0.15) is 5.84 Å². The summed E-state index contributed by atoms with van der Waals surface area (Å²) in [7, 11) is 0. The van der Waals surface area contributed by atoms with Gasteiger partial charge in [-0.15, -0.1) is 0 Å². The molecule has 0 aromatic heterocycles. The Hall–Kier alpha value is -1.36. The maximum atomic E-state index is 6.11. The van der Waals surface area contributed by atoms with Crippen molar-refractivity contribution in [1.82, 2.24) is 0 Å². The number of nitrogens with zero attached hydrogens (tertiary/aromatic N) is 1. The van der Waals surface area contributed by atoms with E-state index in [-0.39, 0.29) is 5.41 Å². The number of ether oxygens (including phenoxy) is 1. The molecule has 4 rings (SSSR count). The minimum Gasteiger partial charge on any atom is -0.381 e. The molecule has 2 aromatic carbocycles. The van der Waals surface area contributed by atoms with E-state index in [1.165, 1.54) is 5.56 Å². The van der Waals surface area contributed by atoms with Crippen LogP contribution in [0.1, 0.15) is 24.0 Å². The molecule has 2 aliphatic rings. The van der Waals surface area contributed by atoms with Crippen LogP contribution in [0.2, 0.25) is 5.02 Å². The van der Waals surface area contributed by atoms with Gasteiger partial charge in [0.2, 0.25) is 0 Å². The maximum Gasteiger partial charge on any atom is 0.108 e. The summed E-state index contributed by atoms with van der Waals surface area (Å²) < 4.78 is 6.79. The van der Waals surface area contributed by atoms with Gasteiger partial charge in [0.05, 0.1) is 6.54 Å². The van der Waals surface area contributed by atoms with E-state index in [4.69, 9.17) is 21.3 Å². The van der Waals surface area contributed by atoms with E-state index in [0.29, 0.717) is 6.54 Å². The van der Waals surface area contributed by atoms with Gasteiger partial charge in [0, 0.05) is 33.8 Å². The van der Waals surface area contributed by atoms with E-state index in [1.807, 2.05) is 18.2 Å². The monoisotopic (exact) mass is 418 g/mol. The number of aliphatic imine (C=N–C) groups is 1. The lowest BCUT2D eigenvalue weighted by atomic mass is 9.71. The van der Waals surface area contributed by atoms with Crippen molar-refractivity contribution in [3.8, 4) is 0 Å². The van der Waals surface area contributed by atoms with Crippen LogP contribution in [-0.2, 0) is 17.7 Å². The molecule has 25 heavy (non-hydrogen) atoms. The standard InChI is InChI=1S/C20H20BrClN2O/c21-17-5-2-6-18-16(17)12-20(7-9-25-10-8-20)19(24-18)23-13-14-3-1-4-15(22)11-14/h1-6,11H,7-10,12-13H2,(H,23,24). The Morgan fingerprint density at radius 1 is 1.16 bits per heavy atom. The summed E-state index contributed by atoms with van der Waals surface area (Å²) >= 11 is 9.82. The van der Waals surface area contributed by atoms with Crippen LogP contribution in [0.15, 0.2) is 51.9 Å². The smallest absolute Gasteiger partial charge is 0.108 e. The molecular weight excluding hydrogens is 400 g/mol. The minimum atomic E-state index is 0.0354. The Balaban J connectivity index is 1.69. The summed E-state index contributed by atoms with van der Waals surface area (Å²) in [6.07, 6.45) is 2.98. The third-order valence-corrected chi connectivity index (χ3v) is 6.13. The summed E-state index contributed by atoms with van der Waals surface area (Å²) in [5.74, 6) is 1.08. The number of fused-ring (bicyclic) bond motifs is 1. The van der Waals surface area contributed by atoms with Crippen molar-refractivity contribution >= 4 is 39.1 Å². The van der Waals surface area contributed by atoms with Crippen LogP contribution >= 0.6 is 27.5 Å². The van der Waals surface area contributed by atoms with E-state index in [9.17, 15) is 0 Å². The molecule has 0 radical (unpaired) electrons. The van der Waals surface area contributed by atoms with E-state index < -0.39 is 0 Å². The summed E-state index contributed by atoms with van der Waals surface area (Å²) in [6, 6.07) is 14.2. The zero-order valence-electron chi connectivity index (χ0n) is 13.9. The first kappa shape index (κ1) is 17.1. The van der Waals surface area contributed by atoms with Crippen LogP contribution in [0.25, 0.3) is 0 Å². The lowest BCUT2D eigenvalue weighted by Gasteiger charge is -2.42. The molecule has 1 N–H and O–H groups in total. The molecule has 1 spiro atoms. The number of benzene rings is 2. The highest BCUT2D eigenvalue weighted by Crippen LogP contribution is 2.44. The quantitative estimate of drug-likeness (QED) is 0.700. The first-order valence-corrected chi connectivity index (χ1v) is 9.75. The van der Waals surface area contributed by atoms with Crippen LogP contribution in [0.4, 0.5) is 5.69 Å². The second kappa shape index (κ2) is 7.10. The van der Waals surface area contributed by atoms with Crippen LogP contribution in [0.3, 0.4) is 0 Å². The SMILES string of the molecule is Clc1cccc(CN=C2Nc3cccc(Br)c3CC23CCOCC3)c1. The van der Waals surface area contributed by atoms with Crippen molar-refractivity contribution in [2.75, 3.05) is 18.5 Å². The topological polar surface area (TPSA) is 33.6 Å². The summed E-state index contributed by atoms with van der Waals surface area (Å²) in [5, 5.41) is 4.37. The number of hydrogen-bond donors (Lipinski definition) is 1. The van der Waals surface area contributed by atoms with Crippen LogP contribution in [-0.4, -0.2) is 19.0 Å². The Labute approximate surface area is 161 Å². The van der Waals surface area contributed by atoms with Crippen LogP contribution < -0.4 is 5.32 Å². The first-order chi connectivity index (χ1) is 12.2. The normalized spacial score (nSPS) is 20.3. The zero-order chi connectivity index (χ0) is 17.3. The highest BCUT2D eigenvalue weighted by atomic mass is 79.9. The highest BCUT2D eigenvalue weighted by Gasteiger charge is 2.42. The van der Waals surface area contributed by atoms with Gasteiger partial charge in [-0.25, -0.2) is 0 Å². The Morgan fingerprint density at radius 3 is 2.76 bits per heavy atom. The third kappa shape index (κ3) is 3.48.